The quantitative estimate of drug-likeness (QED) is 0.760. The number of nitriles is 1. The smallest absolute Gasteiger partial charge is 0.141 e. The van der Waals surface area contributed by atoms with E-state index in [2.05, 4.69) is 5.32 Å². The van der Waals surface area contributed by atoms with E-state index < -0.39 is 5.82 Å². The first-order chi connectivity index (χ1) is 6.27. The summed E-state index contributed by atoms with van der Waals surface area (Å²) in [6, 6.07) is 6.49. The lowest BCUT2D eigenvalue weighted by molar-refractivity contribution is 0.620. The van der Waals surface area contributed by atoms with Crippen molar-refractivity contribution < 1.29 is 4.39 Å². The molecule has 0 saturated carbocycles. The Bertz CT molecular complexity index is 328. The fourth-order valence-electron chi connectivity index (χ4n) is 1.07. The van der Waals surface area contributed by atoms with Crippen molar-refractivity contribution in [2.24, 2.45) is 0 Å². The molecule has 13 heavy (non-hydrogen) atoms. The highest BCUT2D eigenvalue weighted by atomic mass is 19.1. The Morgan fingerprint density at radius 3 is 2.85 bits per heavy atom. The first-order valence-corrected chi connectivity index (χ1v) is 4.11. The average molecular weight is 178 g/mol. The lowest BCUT2D eigenvalue weighted by atomic mass is 10.1. The molecule has 0 amide bonds. The van der Waals surface area contributed by atoms with Gasteiger partial charge in [0.1, 0.15) is 11.9 Å². The Morgan fingerprint density at radius 1 is 1.54 bits per heavy atom. The van der Waals surface area contributed by atoms with Crippen LogP contribution in [0.4, 0.5) is 4.39 Å². The van der Waals surface area contributed by atoms with Crippen LogP contribution in [-0.4, -0.2) is 13.6 Å². The molecule has 0 bridgehead atoms. The molecule has 0 aromatic heterocycles. The second-order valence-electron chi connectivity index (χ2n) is 2.78. The molecule has 1 aromatic rings. The number of likely N-dealkylation sites (N-methyl/N-ethyl adjacent to an activating group) is 1. The maximum atomic E-state index is 13.0. The van der Waals surface area contributed by atoms with Gasteiger partial charge in [-0.1, -0.05) is 6.07 Å². The number of nitrogens with one attached hydrogen (secondary N) is 1. The first-order valence-electron chi connectivity index (χ1n) is 4.11. The largest absolute Gasteiger partial charge is 0.319 e. The highest BCUT2D eigenvalue weighted by Gasteiger charge is 2.01. The Hall–Kier alpha value is -1.40. The van der Waals surface area contributed by atoms with E-state index in [1.54, 1.807) is 12.1 Å². The minimum absolute atomic E-state index is 0.105. The van der Waals surface area contributed by atoms with Crippen LogP contribution in [0.2, 0.25) is 0 Å². The monoisotopic (exact) mass is 178 g/mol. The minimum atomic E-state index is -0.434. The fraction of sp³-hybridized carbons (Fsp3) is 0.300. The van der Waals surface area contributed by atoms with Gasteiger partial charge in [0.25, 0.3) is 0 Å². The molecule has 0 spiro atoms. The van der Waals surface area contributed by atoms with Crippen molar-refractivity contribution in [2.45, 2.75) is 6.42 Å². The molecule has 0 radical (unpaired) electrons. The number of halogens is 1. The molecule has 1 aromatic carbocycles. The molecule has 0 saturated heterocycles. The molecule has 0 aliphatic rings. The van der Waals surface area contributed by atoms with Crippen molar-refractivity contribution in [1.82, 2.24) is 5.32 Å². The van der Waals surface area contributed by atoms with Gasteiger partial charge in [-0.2, -0.15) is 5.26 Å². The lowest BCUT2D eigenvalue weighted by Crippen LogP contribution is -2.10. The van der Waals surface area contributed by atoms with Crippen LogP contribution in [0.5, 0.6) is 0 Å². The molecule has 0 aliphatic heterocycles. The van der Waals surface area contributed by atoms with Gasteiger partial charge in [0.05, 0.1) is 5.56 Å². The Kier molecular flexibility index (Phi) is 3.41. The normalized spacial score (nSPS) is 9.62. The van der Waals surface area contributed by atoms with Gasteiger partial charge < -0.3 is 5.32 Å². The Labute approximate surface area is 77.0 Å². The van der Waals surface area contributed by atoms with Crippen LogP contribution in [0, 0.1) is 17.1 Å². The topological polar surface area (TPSA) is 35.8 Å². The van der Waals surface area contributed by atoms with Gasteiger partial charge in [-0.25, -0.2) is 4.39 Å². The summed E-state index contributed by atoms with van der Waals surface area (Å²) < 4.78 is 13.0. The number of benzene rings is 1. The molecular weight excluding hydrogens is 167 g/mol. The predicted octanol–water partition coefficient (Wildman–Crippen LogP) is 1.46. The molecule has 0 fully saturated rings. The predicted molar refractivity (Wildman–Crippen MR) is 48.7 cm³/mol. The minimum Gasteiger partial charge on any atom is -0.319 e. The average Bonchev–Trinajstić information content (AvgIpc) is 2.15. The van der Waals surface area contributed by atoms with Gasteiger partial charge in [0.2, 0.25) is 0 Å². The highest BCUT2D eigenvalue weighted by molar-refractivity contribution is 5.33. The summed E-state index contributed by atoms with van der Waals surface area (Å²) in [5.41, 5.74) is 1.01. The van der Waals surface area contributed by atoms with Gasteiger partial charge in [-0.05, 0) is 37.7 Å². The molecule has 0 unspecified atom stereocenters. The van der Waals surface area contributed by atoms with Gasteiger partial charge >= 0.3 is 0 Å². The third-order valence-electron chi connectivity index (χ3n) is 1.82. The summed E-state index contributed by atoms with van der Waals surface area (Å²) in [5.74, 6) is -0.434. The standard InChI is InChI=1S/C10H11FN2/c1-13-5-4-8-2-3-9(7-12)10(11)6-8/h2-3,6,13H,4-5H2,1H3. The van der Waals surface area contributed by atoms with Crippen molar-refractivity contribution in [2.75, 3.05) is 13.6 Å². The summed E-state index contributed by atoms with van der Waals surface area (Å²) >= 11 is 0. The van der Waals surface area contributed by atoms with Crippen LogP contribution in [0.15, 0.2) is 18.2 Å². The molecule has 0 atom stereocenters. The van der Waals surface area contributed by atoms with Gasteiger partial charge in [0, 0.05) is 0 Å². The molecule has 0 aliphatic carbocycles. The maximum Gasteiger partial charge on any atom is 0.141 e. The van der Waals surface area contributed by atoms with E-state index in [1.807, 2.05) is 7.05 Å². The van der Waals surface area contributed by atoms with Crippen molar-refractivity contribution in [1.29, 1.82) is 5.26 Å². The number of nitrogens with zero attached hydrogens (tertiary/aromatic N) is 1. The summed E-state index contributed by atoms with van der Waals surface area (Å²) in [5, 5.41) is 11.5. The van der Waals surface area contributed by atoms with Crippen LogP contribution in [0.25, 0.3) is 0 Å². The van der Waals surface area contributed by atoms with Crippen LogP contribution in [0.3, 0.4) is 0 Å². The number of rotatable bonds is 3. The number of hydrogen-bond acceptors (Lipinski definition) is 2. The third kappa shape index (κ3) is 2.53. The molecule has 1 N–H and O–H groups in total. The lowest BCUT2D eigenvalue weighted by Gasteiger charge is -2.01. The van der Waals surface area contributed by atoms with E-state index in [4.69, 9.17) is 5.26 Å². The summed E-state index contributed by atoms with van der Waals surface area (Å²) in [6.45, 7) is 0.811. The molecule has 3 heteroatoms. The molecule has 68 valence electrons. The molecule has 1 rings (SSSR count). The van der Waals surface area contributed by atoms with E-state index in [0.29, 0.717) is 0 Å². The second-order valence-corrected chi connectivity index (χ2v) is 2.78. The van der Waals surface area contributed by atoms with Crippen LogP contribution >= 0.6 is 0 Å². The van der Waals surface area contributed by atoms with Crippen molar-refractivity contribution in [3.63, 3.8) is 0 Å². The zero-order valence-corrected chi connectivity index (χ0v) is 7.47. The summed E-state index contributed by atoms with van der Waals surface area (Å²) in [6.07, 6.45) is 0.777. The number of hydrogen-bond donors (Lipinski definition) is 1. The van der Waals surface area contributed by atoms with E-state index in [1.165, 1.54) is 12.1 Å². The SMILES string of the molecule is CNCCc1ccc(C#N)c(F)c1. The first kappa shape index (κ1) is 9.69. The van der Waals surface area contributed by atoms with Crippen molar-refractivity contribution >= 4 is 0 Å². The fourth-order valence-corrected chi connectivity index (χ4v) is 1.07. The van der Waals surface area contributed by atoms with Gasteiger partial charge in [0.15, 0.2) is 0 Å². The highest BCUT2D eigenvalue weighted by Crippen LogP contribution is 2.09. The van der Waals surface area contributed by atoms with Crippen molar-refractivity contribution in [3.05, 3.63) is 35.1 Å². The molecule has 2 nitrogen and oxygen atoms in total. The van der Waals surface area contributed by atoms with Crippen LogP contribution in [-0.2, 0) is 6.42 Å². The van der Waals surface area contributed by atoms with Crippen molar-refractivity contribution in [3.8, 4) is 6.07 Å². The van der Waals surface area contributed by atoms with E-state index >= 15 is 0 Å². The maximum absolute atomic E-state index is 13.0. The van der Waals surface area contributed by atoms with Crippen LogP contribution < -0.4 is 5.32 Å². The Balaban J connectivity index is 2.79. The zero-order valence-electron chi connectivity index (χ0n) is 7.47. The van der Waals surface area contributed by atoms with Gasteiger partial charge in [-0.3, -0.25) is 0 Å². The zero-order chi connectivity index (χ0) is 9.68. The van der Waals surface area contributed by atoms with E-state index in [9.17, 15) is 4.39 Å². The van der Waals surface area contributed by atoms with E-state index in [-0.39, 0.29) is 5.56 Å². The second kappa shape index (κ2) is 4.58. The van der Waals surface area contributed by atoms with Crippen LogP contribution in [0.1, 0.15) is 11.1 Å². The summed E-state index contributed by atoms with van der Waals surface area (Å²) in [4.78, 5) is 0. The molecule has 0 heterocycles. The van der Waals surface area contributed by atoms with Gasteiger partial charge in [-0.15, -0.1) is 0 Å². The summed E-state index contributed by atoms with van der Waals surface area (Å²) in [7, 11) is 1.85. The molecular formula is C10H11FN2. The third-order valence-corrected chi connectivity index (χ3v) is 1.82. The van der Waals surface area contributed by atoms with E-state index in [0.717, 1.165) is 18.5 Å². The Morgan fingerprint density at radius 2 is 2.31 bits per heavy atom.